The molecule has 0 saturated carbocycles. The molecular formula is C13H21N3O. The topological polar surface area (TPSA) is 54.4 Å². The van der Waals surface area contributed by atoms with E-state index in [2.05, 4.69) is 17.4 Å². The molecule has 0 aliphatic carbocycles. The van der Waals surface area contributed by atoms with Gasteiger partial charge in [-0.2, -0.15) is 0 Å². The number of fused-ring (bicyclic) bond motifs is 2. The molecule has 1 aromatic rings. The van der Waals surface area contributed by atoms with Crippen LogP contribution in [0.3, 0.4) is 0 Å². The number of nitrogens with one attached hydrogen (secondary N) is 1. The zero-order chi connectivity index (χ0) is 11.8. The van der Waals surface area contributed by atoms with Crippen molar-refractivity contribution in [3.05, 3.63) is 24.2 Å². The molecule has 2 aliphatic heterocycles. The fourth-order valence-electron chi connectivity index (χ4n) is 3.68. The van der Waals surface area contributed by atoms with E-state index >= 15 is 0 Å². The molecule has 0 aromatic carbocycles. The quantitative estimate of drug-likeness (QED) is 0.618. The molecule has 0 amide bonds. The third kappa shape index (κ3) is 1.90. The van der Waals surface area contributed by atoms with Crippen LogP contribution in [0.5, 0.6) is 0 Å². The van der Waals surface area contributed by atoms with Crippen LogP contribution in [0.4, 0.5) is 0 Å². The molecule has 3 atom stereocenters. The highest BCUT2D eigenvalue weighted by Crippen LogP contribution is 2.42. The molecule has 3 rings (SSSR count). The number of nitrogens with zero attached hydrogens (tertiary/aromatic N) is 1. The zero-order valence-electron chi connectivity index (χ0n) is 10.3. The fourth-order valence-corrected chi connectivity index (χ4v) is 3.68. The second kappa shape index (κ2) is 4.44. The monoisotopic (exact) mass is 235 g/mol. The summed E-state index contributed by atoms with van der Waals surface area (Å²) in [5.41, 5.74) is 4.16. The lowest BCUT2D eigenvalue weighted by atomic mass is 9.83. The first kappa shape index (κ1) is 11.3. The first-order chi connectivity index (χ1) is 8.29. The summed E-state index contributed by atoms with van der Waals surface area (Å²) in [7, 11) is 2.27. The van der Waals surface area contributed by atoms with Crippen LogP contribution in [-0.4, -0.2) is 24.0 Å². The number of hydrogen-bond acceptors (Lipinski definition) is 4. The van der Waals surface area contributed by atoms with E-state index in [1.165, 1.54) is 31.2 Å². The van der Waals surface area contributed by atoms with Gasteiger partial charge < -0.3 is 9.32 Å². The van der Waals surface area contributed by atoms with Crippen molar-refractivity contribution in [2.24, 2.45) is 11.8 Å². The third-order valence-corrected chi connectivity index (χ3v) is 4.69. The van der Waals surface area contributed by atoms with Crippen LogP contribution >= 0.6 is 0 Å². The van der Waals surface area contributed by atoms with Crippen molar-refractivity contribution < 1.29 is 4.42 Å². The Balaban J connectivity index is 1.76. The number of hydrogen-bond donors (Lipinski definition) is 2. The highest BCUT2D eigenvalue weighted by molar-refractivity contribution is 5.14. The average molecular weight is 235 g/mol. The number of nitrogens with two attached hydrogens (primary N) is 1. The smallest absolute Gasteiger partial charge is 0.0950 e. The van der Waals surface area contributed by atoms with Gasteiger partial charge in [0.1, 0.15) is 0 Å². The standard InChI is InChI=1S/C13H21N3O/c1-16-11-2-3-12(16)7-10(6-11)13(15-14)9-4-5-17-8-9/h4-5,8,10-13,15H,2-3,6-7,14H2,1H3. The van der Waals surface area contributed by atoms with Gasteiger partial charge in [-0.25, -0.2) is 0 Å². The minimum absolute atomic E-state index is 0.241. The second-order valence-electron chi connectivity index (χ2n) is 5.48. The molecule has 2 fully saturated rings. The van der Waals surface area contributed by atoms with Gasteiger partial charge >= 0.3 is 0 Å². The minimum atomic E-state index is 0.241. The number of piperidine rings is 1. The Bertz CT molecular complexity index is 351. The summed E-state index contributed by atoms with van der Waals surface area (Å²) in [4.78, 5) is 2.56. The average Bonchev–Trinajstić information content (AvgIpc) is 2.88. The molecule has 0 radical (unpaired) electrons. The molecule has 3 N–H and O–H groups in total. The third-order valence-electron chi connectivity index (χ3n) is 4.69. The van der Waals surface area contributed by atoms with E-state index in [9.17, 15) is 0 Å². The Morgan fingerprint density at radius 3 is 2.65 bits per heavy atom. The molecule has 2 bridgehead atoms. The number of hydrazine groups is 1. The van der Waals surface area contributed by atoms with E-state index in [0.717, 1.165) is 12.1 Å². The Kier molecular flexibility index (Phi) is 2.94. The highest BCUT2D eigenvalue weighted by Gasteiger charge is 2.41. The Morgan fingerprint density at radius 1 is 1.41 bits per heavy atom. The molecular weight excluding hydrogens is 214 g/mol. The second-order valence-corrected chi connectivity index (χ2v) is 5.48. The minimum Gasteiger partial charge on any atom is -0.472 e. The number of furan rings is 1. The molecule has 3 unspecified atom stereocenters. The number of rotatable bonds is 3. The summed E-state index contributed by atoms with van der Waals surface area (Å²) >= 11 is 0. The normalized spacial score (nSPS) is 35.1. The first-order valence-electron chi connectivity index (χ1n) is 6.49. The van der Waals surface area contributed by atoms with E-state index < -0.39 is 0 Å². The van der Waals surface area contributed by atoms with Gasteiger partial charge in [0.2, 0.25) is 0 Å². The van der Waals surface area contributed by atoms with E-state index in [1.54, 1.807) is 6.26 Å². The van der Waals surface area contributed by atoms with Crippen molar-refractivity contribution in [1.29, 1.82) is 0 Å². The molecule has 94 valence electrons. The molecule has 2 saturated heterocycles. The SMILES string of the molecule is CN1C2CCC1CC(C(NN)c1ccoc1)C2. The van der Waals surface area contributed by atoms with Crippen LogP contribution in [0, 0.1) is 5.92 Å². The van der Waals surface area contributed by atoms with Crippen LogP contribution in [0.25, 0.3) is 0 Å². The van der Waals surface area contributed by atoms with E-state index in [0.29, 0.717) is 5.92 Å². The maximum Gasteiger partial charge on any atom is 0.0950 e. The summed E-state index contributed by atoms with van der Waals surface area (Å²) < 4.78 is 5.17. The van der Waals surface area contributed by atoms with E-state index in [-0.39, 0.29) is 6.04 Å². The molecule has 4 nitrogen and oxygen atoms in total. The van der Waals surface area contributed by atoms with Gasteiger partial charge in [0.05, 0.1) is 18.6 Å². The van der Waals surface area contributed by atoms with Crippen molar-refractivity contribution in [3.8, 4) is 0 Å². The largest absolute Gasteiger partial charge is 0.472 e. The maximum atomic E-state index is 5.74. The lowest BCUT2D eigenvalue weighted by molar-refractivity contribution is 0.112. The predicted molar refractivity (Wildman–Crippen MR) is 66.1 cm³/mol. The van der Waals surface area contributed by atoms with Crippen LogP contribution in [0.15, 0.2) is 23.0 Å². The lowest BCUT2D eigenvalue weighted by Crippen LogP contribution is -2.44. The Morgan fingerprint density at radius 2 is 2.12 bits per heavy atom. The van der Waals surface area contributed by atoms with E-state index in [1.807, 2.05) is 12.3 Å². The summed E-state index contributed by atoms with van der Waals surface area (Å²) in [5.74, 6) is 6.37. The zero-order valence-corrected chi connectivity index (χ0v) is 10.3. The van der Waals surface area contributed by atoms with Crippen LogP contribution in [0.1, 0.15) is 37.3 Å². The molecule has 17 heavy (non-hydrogen) atoms. The predicted octanol–water partition coefficient (Wildman–Crippen LogP) is 1.66. The first-order valence-corrected chi connectivity index (χ1v) is 6.49. The van der Waals surface area contributed by atoms with Crippen molar-refractivity contribution in [3.63, 3.8) is 0 Å². The van der Waals surface area contributed by atoms with Crippen molar-refractivity contribution >= 4 is 0 Å². The van der Waals surface area contributed by atoms with Gasteiger partial charge in [0.25, 0.3) is 0 Å². The maximum absolute atomic E-state index is 5.74. The summed E-state index contributed by atoms with van der Waals surface area (Å²) in [6.45, 7) is 0. The van der Waals surface area contributed by atoms with Crippen molar-refractivity contribution in [2.75, 3.05) is 7.05 Å². The van der Waals surface area contributed by atoms with Gasteiger partial charge in [0, 0.05) is 17.6 Å². The Labute approximate surface area is 102 Å². The molecule has 1 aromatic heterocycles. The Hall–Kier alpha value is -0.840. The molecule has 2 aliphatic rings. The molecule has 0 spiro atoms. The summed E-state index contributed by atoms with van der Waals surface area (Å²) in [6.07, 6.45) is 8.72. The molecule has 4 heteroatoms. The summed E-state index contributed by atoms with van der Waals surface area (Å²) in [6, 6.07) is 3.76. The molecule has 3 heterocycles. The van der Waals surface area contributed by atoms with E-state index in [4.69, 9.17) is 10.3 Å². The van der Waals surface area contributed by atoms with Crippen molar-refractivity contribution in [1.82, 2.24) is 10.3 Å². The van der Waals surface area contributed by atoms with Gasteiger partial charge in [-0.15, -0.1) is 0 Å². The van der Waals surface area contributed by atoms with Gasteiger partial charge in [-0.1, -0.05) is 0 Å². The van der Waals surface area contributed by atoms with Gasteiger partial charge in [0.15, 0.2) is 0 Å². The summed E-state index contributed by atoms with van der Waals surface area (Å²) in [5, 5.41) is 0. The van der Waals surface area contributed by atoms with Gasteiger partial charge in [-0.05, 0) is 44.7 Å². The van der Waals surface area contributed by atoms with Crippen LogP contribution < -0.4 is 11.3 Å². The van der Waals surface area contributed by atoms with Crippen LogP contribution in [-0.2, 0) is 0 Å². The van der Waals surface area contributed by atoms with Gasteiger partial charge in [-0.3, -0.25) is 11.3 Å². The fraction of sp³-hybridized carbons (Fsp3) is 0.692. The van der Waals surface area contributed by atoms with Crippen LogP contribution in [0.2, 0.25) is 0 Å². The van der Waals surface area contributed by atoms with Crippen molar-refractivity contribution in [2.45, 2.75) is 43.8 Å². The lowest BCUT2D eigenvalue weighted by Gasteiger charge is -2.39. The highest BCUT2D eigenvalue weighted by atomic mass is 16.3.